The van der Waals surface area contributed by atoms with E-state index in [0.717, 1.165) is 19.3 Å². The Labute approximate surface area is 142 Å². The van der Waals surface area contributed by atoms with Gasteiger partial charge in [0.05, 0.1) is 5.39 Å². The summed E-state index contributed by atoms with van der Waals surface area (Å²) in [5.74, 6) is -1.70. The van der Waals surface area contributed by atoms with Crippen LogP contribution in [0.2, 0.25) is 0 Å². The number of nitrogens with zero attached hydrogens (tertiary/aromatic N) is 3. The zero-order valence-corrected chi connectivity index (χ0v) is 13.8. The van der Waals surface area contributed by atoms with Gasteiger partial charge in [0.2, 0.25) is 5.43 Å². The van der Waals surface area contributed by atoms with Crippen LogP contribution >= 0.6 is 0 Å². The van der Waals surface area contributed by atoms with Gasteiger partial charge >= 0.3 is 5.97 Å². The maximum atomic E-state index is 14.9. The van der Waals surface area contributed by atoms with Crippen LogP contribution in [0.25, 0.3) is 11.0 Å². The molecule has 25 heavy (non-hydrogen) atoms. The Morgan fingerprint density at radius 2 is 2.12 bits per heavy atom. The van der Waals surface area contributed by atoms with Crippen molar-refractivity contribution in [2.45, 2.75) is 38.3 Å². The first-order chi connectivity index (χ1) is 11.9. The number of rotatable bonds is 3. The molecule has 3 N–H and O–H groups in total. The number of nitrogens with two attached hydrogens (primary N) is 1. The number of hydrogen-bond acceptors (Lipinski definition) is 5. The first-order valence-corrected chi connectivity index (χ1v) is 8.37. The SMILES string of the molecule is Cc1c(F)c(N2CCC(N)C2)nc2c1c(=O)c(C(=O)O)cn2C1CC1. The Balaban J connectivity index is 2.02. The lowest BCUT2D eigenvalue weighted by Gasteiger charge is -2.21. The number of carboxylic acids is 1. The van der Waals surface area contributed by atoms with Crippen LogP contribution in [-0.4, -0.2) is 39.8 Å². The third kappa shape index (κ3) is 2.48. The van der Waals surface area contributed by atoms with E-state index in [0.29, 0.717) is 18.7 Å². The highest BCUT2D eigenvalue weighted by atomic mass is 19.1. The van der Waals surface area contributed by atoms with Crippen molar-refractivity contribution in [2.24, 2.45) is 5.73 Å². The highest BCUT2D eigenvalue weighted by molar-refractivity contribution is 5.93. The van der Waals surface area contributed by atoms with E-state index >= 15 is 0 Å². The van der Waals surface area contributed by atoms with E-state index in [1.54, 1.807) is 9.47 Å². The minimum absolute atomic E-state index is 0.0304. The van der Waals surface area contributed by atoms with Gasteiger partial charge in [-0.1, -0.05) is 0 Å². The molecule has 4 rings (SSSR count). The van der Waals surface area contributed by atoms with Gasteiger partial charge in [-0.15, -0.1) is 0 Å². The van der Waals surface area contributed by atoms with Gasteiger partial charge in [0.15, 0.2) is 11.6 Å². The maximum Gasteiger partial charge on any atom is 0.341 e. The topological polar surface area (TPSA) is 101 Å². The third-order valence-corrected chi connectivity index (χ3v) is 5.02. The van der Waals surface area contributed by atoms with Crippen molar-refractivity contribution in [3.63, 3.8) is 0 Å². The van der Waals surface area contributed by atoms with Crippen molar-refractivity contribution in [2.75, 3.05) is 18.0 Å². The normalized spacial score (nSPS) is 20.4. The number of fused-ring (bicyclic) bond motifs is 1. The molecule has 2 fully saturated rings. The zero-order chi connectivity index (χ0) is 17.9. The van der Waals surface area contributed by atoms with Gasteiger partial charge in [-0.05, 0) is 26.2 Å². The lowest BCUT2D eigenvalue weighted by atomic mass is 10.1. The van der Waals surface area contributed by atoms with Crippen LogP contribution in [0.15, 0.2) is 11.0 Å². The van der Waals surface area contributed by atoms with Crippen molar-refractivity contribution in [1.29, 1.82) is 0 Å². The van der Waals surface area contributed by atoms with E-state index < -0.39 is 17.2 Å². The fourth-order valence-electron chi connectivity index (χ4n) is 3.48. The van der Waals surface area contributed by atoms with Crippen molar-refractivity contribution >= 4 is 22.8 Å². The fraction of sp³-hybridized carbons (Fsp3) is 0.471. The molecule has 7 nitrogen and oxygen atoms in total. The molecular formula is C17H19FN4O3. The van der Waals surface area contributed by atoms with Crippen molar-refractivity contribution in [3.05, 3.63) is 33.4 Å². The number of halogens is 1. The summed E-state index contributed by atoms with van der Waals surface area (Å²) in [6.45, 7) is 2.62. The Hall–Kier alpha value is -2.48. The molecule has 2 aliphatic rings. The Morgan fingerprint density at radius 1 is 1.40 bits per heavy atom. The standard InChI is InChI=1S/C17H19FN4O3/c1-8-12-14(23)11(17(24)25)7-22(10-2-3-10)15(12)20-16(13(8)18)21-5-4-9(19)6-21/h7,9-10H,2-6,19H2,1H3,(H,24,25). The molecule has 1 aliphatic carbocycles. The molecule has 0 bridgehead atoms. The summed E-state index contributed by atoms with van der Waals surface area (Å²) < 4.78 is 16.6. The lowest BCUT2D eigenvalue weighted by Crippen LogP contribution is -2.28. The van der Waals surface area contributed by atoms with E-state index in [9.17, 15) is 19.1 Å². The maximum absolute atomic E-state index is 14.9. The van der Waals surface area contributed by atoms with Crippen LogP contribution in [-0.2, 0) is 0 Å². The molecule has 0 radical (unpaired) electrons. The number of carboxylic acid groups (broad SMARTS) is 1. The average molecular weight is 346 g/mol. The second-order valence-corrected chi connectivity index (χ2v) is 6.88. The molecule has 1 unspecified atom stereocenters. The second kappa shape index (κ2) is 5.52. The Bertz CT molecular complexity index is 951. The van der Waals surface area contributed by atoms with Gasteiger partial charge < -0.3 is 20.3 Å². The van der Waals surface area contributed by atoms with Crippen LogP contribution in [0, 0.1) is 12.7 Å². The van der Waals surface area contributed by atoms with Crippen LogP contribution in [0.4, 0.5) is 10.2 Å². The summed E-state index contributed by atoms with van der Waals surface area (Å²) in [5, 5.41) is 9.37. The third-order valence-electron chi connectivity index (χ3n) is 5.02. The Kier molecular flexibility index (Phi) is 3.54. The van der Waals surface area contributed by atoms with Gasteiger partial charge in [-0.3, -0.25) is 4.79 Å². The number of carbonyl (C=O) groups is 1. The summed E-state index contributed by atoms with van der Waals surface area (Å²) in [7, 11) is 0. The highest BCUT2D eigenvalue weighted by Gasteiger charge is 2.31. The van der Waals surface area contributed by atoms with Crippen molar-refractivity contribution in [3.8, 4) is 0 Å². The van der Waals surface area contributed by atoms with Gasteiger partial charge in [-0.2, -0.15) is 0 Å². The van der Waals surface area contributed by atoms with E-state index in [1.807, 2.05) is 0 Å². The molecule has 0 amide bonds. The lowest BCUT2D eigenvalue weighted by molar-refractivity contribution is 0.0695. The fourth-order valence-corrected chi connectivity index (χ4v) is 3.48. The smallest absolute Gasteiger partial charge is 0.341 e. The summed E-state index contributed by atoms with van der Waals surface area (Å²) in [6, 6.07) is 0.0736. The number of aromatic nitrogens is 2. The number of pyridine rings is 2. The first kappa shape index (κ1) is 16.0. The summed E-state index contributed by atoms with van der Waals surface area (Å²) >= 11 is 0. The van der Waals surface area contributed by atoms with Gasteiger partial charge in [0.25, 0.3) is 0 Å². The minimum Gasteiger partial charge on any atom is -0.477 e. The summed E-state index contributed by atoms with van der Waals surface area (Å²) in [4.78, 5) is 30.2. The van der Waals surface area contributed by atoms with Crippen LogP contribution in [0.3, 0.4) is 0 Å². The van der Waals surface area contributed by atoms with Gasteiger partial charge in [0, 0.05) is 36.9 Å². The van der Waals surface area contributed by atoms with E-state index in [1.165, 1.54) is 13.1 Å². The van der Waals surface area contributed by atoms with Crippen LogP contribution < -0.4 is 16.1 Å². The molecular weight excluding hydrogens is 327 g/mol. The predicted molar refractivity (Wildman–Crippen MR) is 90.7 cm³/mol. The molecule has 8 heteroatoms. The van der Waals surface area contributed by atoms with Crippen molar-refractivity contribution in [1.82, 2.24) is 9.55 Å². The molecule has 1 aliphatic heterocycles. The summed E-state index contributed by atoms with van der Waals surface area (Å²) in [5.41, 5.74) is 5.38. The van der Waals surface area contributed by atoms with E-state index in [-0.39, 0.29) is 34.4 Å². The summed E-state index contributed by atoms with van der Waals surface area (Å²) in [6.07, 6.45) is 3.87. The second-order valence-electron chi connectivity index (χ2n) is 6.88. The molecule has 3 heterocycles. The quantitative estimate of drug-likeness (QED) is 0.871. The van der Waals surface area contributed by atoms with Gasteiger partial charge in [-0.25, -0.2) is 14.2 Å². The first-order valence-electron chi connectivity index (χ1n) is 8.37. The molecule has 0 spiro atoms. The van der Waals surface area contributed by atoms with E-state index in [4.69, 9.17) is 5.73 Å². The molecule has 2 aromatic rings. The monoisotopic (exact) mass is 346 g/mol. The number of aromatic carboxylic acids is 1. The van der Waals surface area contributed by atoms with Crippen LogP contribution in [0.5, 0.6) is 0 Å². The highest BCUT2D eigenvalue weighted by Crippen LogP contribution is 2.38. The van der Waals surface area contributed by atoms with Gasteiger partial charge in [0.1, 0.15) is 11.2 Å². The molecule has 1 saturated carbocycles. The average Bonchev–Trinajstić information content (AvgIpc) is 3.31. The number of anilines is 1. The minimum atomic E-state index is -1.31. The molecule has 1 atom stereocenters. The predicted octanol–water partition coefficient (Wildman–Crippen LogP) is 1.41. The zero-order valence-electron chi connectivity index (χ0n) is 13.8. The Morgan fingerprint density at radius 3 is 2.68 bits per heavy atom. The largest absolute Gasteiger partial charge is 0.477 e. The molecule has 132 valence electrons. The van der Waals surface area contributed by atoms with Crippen molar-refractivity contribution < 1.29 is 14.3 Å². The molecule has 2 aromatic heterocycles. The molecule has 0 aromatic carbocycles. The van der Waals surface area contributed by atoms with E-state index in [2.05, 4.69) is 4.98 Å². The number of hydrogen-bond donors (Lipinski definition) is 2. The molecule has 1 saturated heterocycles. The number of aryl methyl sites for hydroxylation is 1. The van der Waals surface area contributed by atoms with Crippen LogP contribution in [0.1, 0.15) is 41.2 Å².